The Morgan fingerprint density at radius 1 is 0.842 bits per heavy atom. The van der Waals surface area contributed by atoms with Gasteiger partial charge in [0.05, 0.1) is 0 Å². The fraction of sp³-hybridized carbons (Fsp3) is 0.0556. The van der Waals surface area contributed by atoms with Gasteiger partial charge in [-0.05, 0) is 6.42 Å². The molecule has 4 rings (SSSR count). The first-order chi connectivity index (χ1) is 8.95. The van der Waals surface area contributed by atoms with Crippen molar-refractivity contribution < 1.29 is 26.2 Å². The molecule has 3 aromatic carbocycles. The molecule has 0 aliphatic heterocycles. The van der Waals surface area contributed by atoms with E-state index >= 15 is 0 Å². The fourth-order valence-corrected chi connectivity index (χ4v) is 2.32. The topological polar surface area (TPSA) is 0 Å². The molecule has 0 aromatic heterocycles. The predicted molar refractivity (Wildman–Crippen MR) is 75.6 cm³/mol. The standard InChI is InChI=1S/C13H9.C5H5.Zr/c1-3-7-12-10(5-1)9-11-6-2-4-8-13(11)12;1-2-4-5-3-1;/h1-5,7-8H,9H2;1-5H;/q2*-1;+2. The Morgan fingerprint density at radius 3 is 2.32 bits per heavy atom. The quantitative estimate of drug-likeness (QED) is 0.419. The Hall–Kier alpha value is -1.33. The Kier molecular flexibility index (Phi) is 4.99. The van der Waals surface area contributed by atoms with E-state index in [2.05, 4.69) is 42.5 Å². The molecular weight excluding hydrogens is 307 g/mol. The van der Waals surface area contributed by atoms with Crippen molar-refractivity contribution >= 4 is 0 Å². The first-order valence-electron chi connectivity index (χ1n) is 6.20. The molecule has 90 valence electrons. The molecule has 0 bridgehead atoms. The molecular formula is C18H14Zr. The smallest absolute Gasteiger partial charge is 0.214 e. The second-order valence-electron chi connectivity index (χ2n) is 4.36. The van der Waals surface area contributed by atoms with Crippen LogP contribution in [0, 0.1) is 6.07 Å². The third-order valence-corrected chi connectivity index (χ3v) is 3.17. The summed E-state index contributed by atoms with van der Waals surface area (Å²) >= 11 is 0. The van der Waals surface area contributed by atoms with Crippen LogP contribution in [0.15, 0.2) is 72.8 Å². The van der Waals surface area contributed by atoms with E-state index in [1.165, 1.54) is 22.3 Å². The molecule has 0 amide bonds. The molecule has 1 aliphatic rings. The molecule has 0 atom stereocenters. The van der Waals surface area contributed by atoms with E-state index < -0.39 is 0 Å². The summed E-state index contributed by atoms with van der Waals surface area (Å²) in [7, 11) is 0. The molecule has 3 aromatic rings. The Bertz CT molecular complexity index is 563. The minimum absolute atomic E-state index is 0. The third kappa shape index (κ3) is 3.17. The molecule has 0 heterocycles. The number of benzene rings is 2. The van der Waals surface area contributed by atoms with Crippen LogP contribution in [0.25, 0.3) is 11.1 Å². The monoisotopic (exact) mass is 320 g/mol. The summed E-state index contributed by atoms with van der Waals surface area (Å²) in [6, 6.07) is 28.1. The first kappa shape index (κ1) is 14.1. The van der Waals surface area contributed by atoms with Crippen LogP contribution in [0.5, 0.6) is 0 Å². The van der Waals surface area contributed by atoms with Gasteiger partial charge in [-0.1, -0.05) is 35.4 Å². The van der Waals surface area contributed by atoms with E-state index in [-0.39, 0.29) is 26.2 Å². The molecule has 0 unspecified atom stereocenters. The van der Waals surface area contributed by atoms with Crippen molar-refractivity contribution in [3.05, 3.63) is 90.0 Å². The van der Waals surface area contributed by atoms with Gasteiger partial charge < -0.3 is 0 Å². The van der Waals surface area contributed by atoms with Gasteiger partial charge in [-0.15, -0.1) is 5.56 Å². The molecule has 0 spiro atoms. The van der Waals surface area contributed by atoms with E-state index in [9.17, 15) is 0 Å². The molecule has 0 saturated carbocycles. The van der Waals surface area contributed by atoms with Crippen LogP contribution in [0.4, 0.5) is 0 Å². The SMILES string of the molecule is [Zr+2].[c-]1cccc2c1Cc1ccccc1-2.c1cc[cH-]c1. The van der Waals surface area contributed by atoms with Crippen LogP contribution < -0.4 is 0 Å². The number of hydrogen-bond donors (Lipinski definition) is 0. The zero-order valence-corrected chi connectivity index (χ0v) is 13.1. The van der Waals surface area contributed by atoms with E-state index in [1.807, 2.05) is 36.4 Å². The van der Waals surface area contributed by atoms with Crippen LogP contribution in [-0.2, 0) is 32.6 Å². The van der Waals surface area contributed by atoms with Gasteiger partial charge in [-0.3, -0.25) is 0 Å². The summed E-state index contributed by atoms with van der Waals surface area (Å²) in [5.74, 6) is 0. The van der Waals surface area contributed by atoms with Crippen molar-refractivity contribution in [2.75, 3.05) is 0 Å². The summed E-state index contributed by atoms with van der Waals surface area (Å²) < 4.78 is 0. The molecule has 1 heteroatoms. The molecule has 0 N–H and O–H groups in total. The van der Waals surface area contributed by atoms with Crippen LogP contribution in [0.3, 0.4) is 0 Å². The van der Waals surface area contributed by atoms with Crippen molar-refractivity contribution in [1.29, 1.82) is 0 Å². The van der Waals surface area contributed by atoms with E-state index in [0.29, 0.717) is 0 Å². The average molecular weight is 322 g/mol. The maximum Gasteiger partial charge on any atom is 2.00 e. The van der Waals surface area contributed by atoms with E-state index in [0.717, 1.165) is 6.42 Å². The maximum atomic E-state index is 3.30. The second-order valence-corrected chi connectivity index (χ2v) is 4.36. The van der Waals surface area contributed by atoms with Crippen molar-refractivity contribution in [3.63, 3.8) is 0 Å². The molecule has 0 fully saturated rings. The van der Waals surface area contributed by atoms with Crippen molar-refractivity contribution in [2.24, 2.45) is 0 Å². The van der Waals surface area contributed by atoms with Crippen LogP contribution in [-0.4, -0.2) is 0 Å². The van der Waals surface area contributed by atoms with Gasteiger partial charge in [0.15, 0.2) is 0 Å². The number of hydrogen-bond acceptors (Lipinski definition) is 0. The zero-order valence-electron chi connectivity index (χ0n) is 10.6. The van der Waals surface area contributed by atoms with Crippen molar-refractivity contribution in [1.82, 2.24) is 0 Å². The van der Waals surface area contributed by atoms with Gasteiger partial charge in [-0.25, -0.2) is 12.1 Å². The summed E-state index contributed by atoms with van der Waals surface area (Å²) in [5, 5.41) is 0. The molecule has 0 nitrogen and oxygen atoms in total. The Labute approximate surface area is 133 Å². The third-order valence-electron chi connectivity index (χ3n) is 3.17. The van der Waals surface area contributed by atoms with E-state index in [1.54, 1.807) is 0 Å². The fourth-order valence-electron chi connectivity index (χ4n) is 2.32. The van der Waals surface area contributed by atoms with Gasteiger partial charge in [0.25, 0.3) is 0 Å². The first-order valence-corrected chi connectivity index (χ1v) is 6.20. The van der Waals surface area contributed by atoms with Crippen molar-refractivity contribution in [3.8, 4) is 11.1 Å². The number of rotatable bonds is 0. The second kappa shape index (κ2) is 6.73. The van der Waals surface area contributed by atoms with Gasteiger partial charge in [0.1, 0.15) is 0 Å². The largest absolute Gasteiger partial charge is 2.00 e. The molecule has 0 saturated heterocycles. The zero-order chi connectivity index (χ0) is 12.2. The van der Waals surface area contributed by atoms with Gasteiger partial charge in [0.2, 0.25) is 0 Å². The summed E-state index contributed by atoms with van der Waals surface area (Å²) in [6.45, 7) is 0. The molecule has 1 aliphatic carbocycles. The maximum absolute atomic E-state index is 3.30. The van der Waals surface area contributed by atoms with E-state index in [4.69, 9.17) is 0 Å². The normalized spacial score (nSPS) is 10.5. The van der Waals surface area contributed by atoms with Crippen LogP contribution >= 0.6 is 0 Å². The summed E-state index contributed by atoms with van der Waals surface area (Å²) in [6.07, 6.45) is 1.05. The predicted octanol–water partition coefficient (Wildman–Crippen LogP) is 4.46. The van der Waals surface area contributed by atoms with Crippen LogP contribution in [0.1, 0.15) is 11.1 Å². The van der Waals surface area contributed by atoms with Gasteiger partial charge in [0, 0.05) is 0 Å². The number of fused-ring (bicyclic) bond motifs is 3. The van der Waals surface area contributed by atoms with Gasteiger partial charge >= 0.3 is 26.2 Å². The molecule has 19 heavy (non-hydrogen) atoms. The minimum atomic E-state index is 0. The average Bonchev–Trinajstić information content (AvgIpc) is 3.10. The Balaban J connectivity index is 0.000000190. The molecule has 0 radical (unpaired) electrons. The van der Waals surface area contributed by atoms with Crippen molar-refractivity contribution in [2.45, 2.75) is 6.42 Å². The van der Waals surface area contributed by atoms with Crippen LogP contribution in [0.2, 0.25) is 0 Å². The minimum Gasteiger partial charge on any atom is -0.214 e. The Morgan fingerprint density at radius 2 is 1.58 bits per heavy atom. The summed E-state index contributed by atoms with van der Waals surface area (Å²) in [4.78, 5) is 0. The van der Waals surface area contributed by atoms with Gasteiger partial charge in [-0.2, -0.15) is 48.0 Å². The summed E-state index contributed by atoms with van der Waals surface area (Å²) in [5.41, 5.74) is 5.51.